The van der Waals surface area contributed by atoms with Crippen molar-refractivity contribution in [3.63, 3.8) is 0 Å². The molecule has 0 amide bonds. The van der Waals surface area contributed by atoms with E-state index in [9.17, 15) is 9.59 Å². The molecule has 5 nitrogen and oxygen atoms in total. The molecule has 2 aromatic carbocycles. The third kappa shape index (κ3) is 5.35. The standard InChI is InChI=1S/C12H10ClNO.C12H11NO2/c13-9-10-4-6-11(7-5-10)14-8-2-1-3-12(14)15;14-9-10-4-6-11(7-5-10)13-8-2-1-3-12(13)15/h1-8H,9H2;1-8,14H,9H2. The van der Waals surface area contributed by atoms with Gasteiger partial charge in [0.15, 0.2) is 0 Å². The first-order chi connectivity index (χ1) is 14.6. The maximum atomic E-state index is 11.5. The predicted octanol–water partition coefficient (Wildman–Crippen LogP) is 3.91. The molecule has 2 heterocycles. The van der Waals surface area contributed by atoms with Crippen molar-refractivity contribution < 1.29 is 5.11 Å². The molecule has 0 bridgehead atoms. The Morgan fingerprint density at radius 3 is 1.43 bits per heavy atom. The smallest absolute Gasteiger partial charge is 0.255 e. The molecule has 2 aromatic heterocycles. The summed E-state index contributed by atoms with van der Waals surface area (Å²) < 4.78 is 3.15. The number of aliphatic hydroxyl groups is 1. The molecule has 152 valence electrons. The summed E-state index contributed by atoms with van der Waals surface area (Å²) in [6.07, 6.45) is 3.47. The first-order valence-electron chi connectivity index (χ1n) is 9.33. The van der Waals surface area contributed by atoms with Gasteiger partial charge in [-0.25, -0.2) is 0 Å². The van der Waals surface area contributed by atoms with E-state index in [1.54, 1.807) is 51.9 Å². The monoisotopic (exact) mass is 420 g/mol. The lowest BCUT2D eigenvalue weighted by Gasteiger charge is -2.05. The van der Waals surface area contributed by atoms with Crippen LogP contribution in [0.5, 0.6) is 0 Å². The number of pyridine rings is 2. The number of alkyl halides is 1. The first-order valence-corrected chi connectivity index (χ1v) is 9.86. The van der Waals surface area contributed by atoms with Crippen LogP contribution in [0.4, 0.5) is 0 Å². The van der Waals surface area contributed by atoms with Crippen molar-refractivity contribution in [2.75, 3.05) is 0 Å². The Kier molecular flexibility index (Phi) is 7.38. The van der Waals surface area contributed by atoms with Crippen LogP contribution in [0.1, 0.15) is 11.1 Å². The number of halogens is 1. The van der Waals surface area contributed by atoms with E-state index >= 15 is 0 Å². The average Bonchev–Trinajstić information content (AvgIpc) is 2.80. The lowest BCUT2D eigenvalue weighted by atomic mass is 10.2. The maximum Gasteiger partial charge on any atom is 0.255 e. The predicted molar refractivity (Wildman–Crippen MR) is 120 cm³/mol. The van der Waals surface area contributed by atoms with E-state index in [0.29, 0.717) is 5.88 Å². The molecule has 0 aliphatic rings. The van der Waals surface area contributed by atoms with Crippen LogP contribution in [-0.4, -0.2) is 14.2 Å². The normalized spacial score (nSPS) is 10.2. The Balaban J connectivity index is 0.000000171. The van der Waals surface area contributed by atoms with E-state index < -0.39 is 0 Å². The molecule has 30 heavy (non-hydrogen) atoms. The quantitative estimate of drug-likeness (QED) is 0.509. The third-order valence-electron chi connectivity index (χ3n) is 4.41. The number of aliphatic hydroxyl groups excluding tert-OH is 1. The van der Waals surface area contributed by atoms with E-state index in [2.05, 4.69) is 0 Å². The Labute approximate surface area is 179 Å². The van der Waals surface area contributed by atoms with Crippen molar-refractivity contribution in [3.05, 3.63) is 129 Å². The molecule has 0 unspecified atom stereocenters. The van der Waals surface area contributed by atoms with Crippen LogP contribution in [-0.2, 0) is 12.5 Å². The summed E-state index contributed by atoms with van der Waals surface area (Å²) in [4.78, 5) is 23.0. The van der Waals surface area contributed by atoms with Gasteiger partial charge in [-0.15, -0.1) is 11.6 Å². The number of rotatable bonds is 4. The minimum atomic E-state index is -0.0609. The molecule has 1 N–H and O–H groups in total. The van der Waals surface area contributed by atoms with Crippen LogP contribution < -0.4 is 11.1 Å². The number of hydrogen-bond donors (Lipinski definition) is 1. The van der Waals surface area contributed by atoms with Crippen molar-refractivity contribution in [1.29, 1.82) is 0 Å². The van der Waals surface area contributed by atoms with Gasteiger partial charge >= 0.3 is 0 Å². The molecule has 0 aliphatic heterocycles. The lowest BCUT2D eigenvalue weighted by Crippen LogP contribution is -2.15. The highest BCUT2D eigenvalue weighted by Gasteiger charge is 1.98. The highest BCUT2D eigenvalue weighted by Crippen LogP contribution is 2.09. The van der Waals surface area contributed by atoms with Gasteiger partial charge < -0.3 is 5.11 Å². The van der Waals surface area contributed by atoms with Gasteiger partial charge in [0.05, 0.1) is 6.61 Å². The zero-order valence-electron chi connectivity index (χ0n) is 16.2. The second-order valence-electron chi connectivity index (χ2n) is 6.44. The van der Waals surface area contributed by atoms with Crippen LogP contribution in [0, 0.1) is 0 Å². The van der Waals surface area contributed by atoms with Gasteiger partial charge in [0, 0.05) is 41.8 Å². The van der Waals surface area contributed by atoms with Gasteiger partial charge in [-0.2, -0.15) is 0 Å². The molecule has 0 saturated carbocycles. The summed E-state index contributed by atoms with van der Waals surface area (Å²) in [5, 5.41) is 8.89. The molecule has 0 atom stereocenters. The van der Waals surface area contributed by atoms with Gasteiger partial charge in [0.2, 0.25) is 0 Å². The van der Waals surface area contributed by atoms with Crippen LogP contribution in [0.3, 0.4) is 0 Å². The van der Waals surface area contributed by atoms with E-state index in [-0.39, 0.29) is 17.7 Å². The molecule has 4 rings (SSSR count). The fraction of sp³-hybridized carbons (Fsp3) is 0.0833. The molecule has 0 spiro atoms. The minimum Gasteiger partial charge on any atom is -0.392 e. The number of nitrogens with zero attached hydrogens (tertiary/aromatic N) is 2. The first kappa shape index (κ1) is 21.3. The average molecular weight is 421 g/mol. The molecular weight excluding hydrogens is 400 g/mol. The Morgan fingerprint density at radius 2 is 1.07 bits per heavy atom. The van der Waals surface area contributed by atoms with Crippen molar-refractivity contribution in [2.24, 2.45) is 0 Å². The van der Waals surface area contributed by atoms with Gasteiger partial charge in [-0.1, -0.05) is 36.4 Å². The summed E-state index contributed by atoms with van der Waals surface area (Å²) in [7, 11) is 0. The molecule has 4 aromatic rings. The topological polar surface area (TPSA) is 64.2 Å². The van der Waals surface area contributed by atoms with Crippen molar-refractivity contribution in [2.45, 2.75) is 12.5 Å². The third-order valence-corrected chi connectivity index (χ3v) is 4.72. The second-order valence-corrected chi connectivity index (χ2v) is 6.71. The minimum absolute atomic E-state index is 0.0178. The van der Waals surface area contributed by atoms with E-state index in [0.717, 1.165) is 22.5 Å². The molecule has 0 aliphatic carbocycles. The van der Waals surface area contributed by atoms with Crippen LogP contribution in [0.15, 0.2) is 107 Å². The van der Waals surface area contributed by atoms with Gasteiger partial charge in [-0.3, -0.25) is 18.7 Å². The Hall–Kier alpha value is -3.41. The van der Waals surface area contributed by atoms with E-state index in [4.69, 9.17) is 16.7 Å². The number of hydrogen-bond acceptors (Lipinski definition) is 3. The summed E-state index contributed by atoms with van der Waals surface area (Å²) in [6, 6.07) is 25.0. The van der Waals surface area contributed by atoms with Crippen LogP contribution >= 0.6 is 11.6 Å². The SMILES string of the molecule is O=c1ccccn1-c1ccc(CCl)cc1.O=c1ccccn1-c1ccc(CO)cc1. The van der Waals surface area contributed by atoms with Crippen molar-refractivity contribution in [3.8, 4) is 11.4 Å². The lowest BCUT2D eigenvalue weighted by molar-refractivity contribution is 0.282. The van der Waals surface area contributed by atoms with Gasteiger partial charge in [0.1, 0.15) is 0 Å². The zero-order valence-corrected chi connectivity index (χ0v) is 16.9. The highest BCUT2D eigenvalue weighted by atomic mass is 35.5. The van der Waals surface area contributed by atoms with E-state index in [1.165, 1.54) is 12.1 Å². The number of aromatic nitrogens is 2. The maximum absolute atomic E-state index is 11.5. The van der Waals surface area contributed by atoms with Gasteiger partial charge in [0.25, 0.3) is 11.1 Å². The van der Waals surface area contributed by atoms with Crippen LogP contribution in [0.25, 0.3) is 11.4 Å². The Morgan fingerprint density at radius 1 is 0.633 bits per heavy atom. The van der Waals surface area contributed by atoms with Crippen LogP contribution in [0.2, 0.25) is 0 Å². The molecule has 0 radical (unpaired) electrons. The fourth-order valence-corrected chi connectivity index (χ4v) is 2.97. The summed E-state index contributed by atoms with van der Waals surface area (Å²) in [5.74, 6) is 0.490. The van der Waals surface area contributed by atoms with Crippen molar-refractivity contribution >= 4 is 11.6 Å². The molecular formula is C24H21ClN2O3. The second kappa shape index (κ2) is 10.4. The molecule has 0 fully saturated rings. The van der Waals surface area contributed by atoms with Gasteiger partial charge in [-0.05, 0) is 47.5 Å². The number of benzene rings is 2. The molecule has 0 saturated heterocycles. The van der Waals surface area contributed by atoms with Crippen molar-refractivity contribution in [1.82, 2.24) is 9.13 Å². The molecule has 6 heteroatoms. The summed E-state index contributed by atoms with van der Waals surface area (Å²) in [6.45, 7) is 0.0178. The fourth-order valence-electron chi connectivity index (χ4n) is 2.79. The highest BCUT2D eigenvalue weighted by molar-refractivity contribution is 6.17. The largest absolute Gasteiger partial charge is 0.392 e. The summed E-state index contributed by atoms with van der Waals surface area (Å²) in [5.41, 5.74) is 3.45. The zero-order chi connectivity index (χ0) is 21.3. The van der Waals surface area contributed by atoms with E-state index in [1.807, 2.05) is 42.5 Å². The Bertz CT molecular complexity index is 1100. The summed E-state index contributed by atoms with van der Waals surface area (Å²) >= 11 is 5.69.